The Morgan fingerprint density at radius 3 is 2.45 bits per heavy atom. The molecule has 0 radical (unpaired) electrons. The number of ether oxygens (including phenoxy) is 2. The molecule has 9 nitrogen and oxygen atoms in total. The Morgan fingerprint density at radius 1 is 0.833 bits per heavy atom. The van der Waals surface area contributed by atoms with Gasteiger partial charge in [-0.2, -0.15) is 4.98 Å². The number of hydrogen-bond donors (Lipinski definition) is 2. The highest BCUT2D eigenvalue weighted by Gasteiger charge is 2.27. The van der Waals surface area contributed by atoms with Crippen molar-refractivity contribution in [3.8, 4) is 11.5 Å². The molecule has 2 aromatic rings. The van der Waals surface area contributed by atoms with Crippen LogP contribution in [-0.4, -0.2) is 104 Å². The van der Waals surface area contributed by atoms with Gasteiger partial charge in [0.1, 0.15) is 5.82 Å². The number of nitrogens with one attached hydrogen (secondary N) is 2. The van der Waals surface area contributed by atoms with Gasteiger partial charge in [0.15, 0.2) is 11.5 Å². The summed E-state index contributed by atoms with van der Waals surface area (Å²) in [4.78, 5) is 17.9. The zero-order chi connectivity index (χ0) is 28.6. The van der Waals surface area contributed by atoms with Gasteiger partial charge in [0.2, 0.25) is 5.95 Å². The summed E-state index contributed by atoms with van der Waals surface area (Å²) >= 11 is 0. The summed E-state index contributed by atoms with van der Waals surface area (Å²) in [5, 5.41) is 8.41. The van der Waals surface area contributed by atoms with Gasteiger partial charge in [0, 0.05) is 62.8 Å². The molecule has 4 heterocycles. The second-order valence-electron chi connectivity index (χ2n) is 12.8. The first-order valence-electron chi connectivity index (χ1n) is 17.0. The van der Waals surface area contributed by atoms with Crippen LogP contribution in [0.5, 0.6) is 11.5 Å². The number of benzene rings is 1. The van der Waals surface area contributed by atoms with E-state index in [9.17, 15) is 0 Å². The number of nitrogens with zero attached hydrogens (tertiary/aromatic N) is 5. The van der Waals surface area contributed by atoms with Gasteiger partial charge in [-0.3, -0.25) is 0 Å². The van der Waals surface area contributed by atoms with Crippen LogP contribution in [0, 0.1) is 0 Å². The third kappa shape index (κ3) is 7.58. The maximum Gasteiger partial charge on any atom is 0.227 e. The first-order valence-corrected chi connectivity index (χ1v) is 17.0. The lowest BCUT2D eigenvalue weighted by Gasteiger charge is -2.39. The van der Waals surface area contributed by atoms with Gasteiger partial charge in [-0.15, -0.1) is 0 Å². The van der Waals surface area contributed by atoms with Crippen LogP contribution in [0.4, 0.5) is 11.8 Å². The molecule has 9 heteroatoms. The Hall–Kier alpha value is -2.36. The van der Waals surface area contributed by atoms with Gasteiger partial charge in [-0.05, 0) is 77.1 Å². The predicted octanol–water partition coefficient (Wildman–Crippen LogP) is 4.90. The van der Waals surface area contributed by atoms with Crippen molar-refractivity contribution in [2.75, 3.05) is 82.8 Å². The molecule has 0 amide bonds. The fraction of sp³-hybridized carbons (Fsp3) is 0.758. The summed E-state index contributed by atoms with van der Waals surface area (Å²) in [6.45, 7) is 10.5. The van der Waals surface area contributed by atoms with E-state index in [-0.39, 0.29) is 0 Å². The Morgan fingerprint density at radius 2 is 1.64 bits per heavy atom. The highest BCUT2D eigenvalue weighted by Crippen LogP contribution is 2.36. The van der Waals surface area contributed by atoms with E-state index < -0.39 is 0 Å². The van der Waals surface area contributed by atoms with Gasteiger partial charge in [0.05, 0.1) is 19.2 Å². The third-order valence-electron chi connectivity index (χ3n) is 9.88. The molecule has 1 saturated carbocycles. The molecular formula is C33H53N7O2. The van der Waals surface area contributed by atoms with Crippen LogP contribution in [0.3, 0.4) is 0 Å². The Bertz CT molecular complexity index is 1120. The van der Waals surface area contributed by atoms with Crippen molar-refractivity contribution in [1.29, 1.82) is 0 Å². The molecule has 42 heavy (non-hydrogen) atoms. The monoisotopic (exact) mass is 579 g/mol. The smallest absolute Gasteiger partial charge is 0.227 e. The lowest BCUT2D eigenvalue weighted by molar-refractivity contribution is 0.126. The number of piperidine rings is 2. The van der Waals surface area contributed by atoms with Gasteiger partial charge < -0.3 is 34.8 Å². The summed E-state index contributed by atoms with van der Waals surface area (Å²) in [5.41, 5.74) is 0.922. The molecule has 1 aromatic heterocycles. The zero-order valence-corrected chi connectivity index (χ0v) is 25.9. The van der Waals surface area contributed by atoms with Crippen LogP contribution >= 0.6 is 0 Å². The molecule has 0 spiro atoms. The molecule has 1 aromatic carbocycles. The molecular weight excluding hydrogens is 526 g/mol. The maximum atomic E-state index is 6.33. The fourth-order valence-electron chi connectivity index (χ4n) is 7.40. The zero-order valence-electron chi connectivity index (χ0n) is 25.9. The second kappa shape index (κ2) is 14.9. The van der Waals surface area contributed by atoms with E-state index in [0.29, 0.717) is 12.6 Å². The summed E-state index contributed by atoms with van der Waals surface area (Å²) in [7, 11) is 1.73. The van der Waals surface area contributed by atoms with E-state index in [0.717, 1.165) is 98.6 Å². The van der Waals surface area contributed by atoms with E-state index in [1.54, 1.807) is 7.11 Å². The Balaban J connectivity index is 1.19. The molecule has 4 fully saturated rings. The van der Waals surface area contributed by atoms with Crippen molar-refractivity contribution in [2.45, 2.75) is 89.1 Å². The molecule has 0 atom stereocenters. The number of aromatic nitrogens is 2. The van der Waals surface area contributed by atoms with Crippen molar-refractivity contribution in [1.82, 2.24) is 25.1 Å². The van der Waals surface area contributed by atoms with Crippen LogP contribution in [0.1, 0.15) is 77.0 Å². The molecule has 3 saturated heterocycles. The lowest BCUT2D eigenvalue weighted by Crippen LogP contribution is -2.45. The molecule has 4 aliphatic rings. The van der Waals surface area contributed by atoms with E-state index in [1.165, 1.54) is 77.5 Å². The SMILES string of the molecule is COc1cc2c(NC3CCN(C4CCCCC4)CC3)nc(N3CCCNCC3)nc2cc1OCCCN1CCCCC1. The van der Waals surface area contributed by atoms with Crippen LogP contribution in [0.2, 0.25) is 0 Å². The summed E-state index contributed by atoms with van der Waals surface area (Å²) in [6.07, 6.45) is 15.4. The average molecular weight is 580 g/mol. The number of hydrogen-bond acceptors (Lipinski definition) is 9. The van der Waals surface area contributed by atoms with Crippen molar-refractivity contribution in [2.24, 2.45) is 0 Å². The number of fused-ring (bicyclic) bond motifs is 1. The minimum Gasteiger partial charge on any atom is -0.493 e. The minimum atomic E-state index is 0.415. The summed E-state index contributed by atoms with van der Waals surface area (Å²) in [5.74, 6) is 3.27. The van der Waals surface area contributed by atoms with Crippen LogP contribution in [0.25, 0.3) is 10.9 Å². The van der Waals surface area contributed by atoms with Crippen molar-refractivity contribution >= 4 is 22.7 Å². The highest BCUT2D eigenvalue weighted by atomic mass is 16.5. The molecule has 0 unspecified atom stereocenters. The quantitative estimate of drug-likeness (QED) is 0.382. The maximum absolute atomic E-state index is 6.33. The molecule has 1 aliphatic carbocycles. The fourth-order valence-corrected chi connectivity index (χ4v) is 7.40. The van der Waals surface area contributed by atoms with Crippen molar-refractivity contribution < 1.29 is 9.47 Å². The topological polar surface area (TPSA) is 78.0 Å². The second-order valence-corrected chi connectivity index (χ2v) is 12.8. The molecule has 232 valence electrons. The Labute approximate surface area is 252 Å². The third-order valence-corrected chi connectivity index (χ3v) is 9.88. The number of methoxy groups -OCH3 is 1. The molecule has 2 N–H and O–H groups in total. The number of rotatable bonds is 10. The van der Waals surface area contributed by atoms with Crippen LogP contribution < -0.4 is 25.0 Å². The Kier molecular flexibility index (Phi) is 10.5. The van der Waals surface area contributed by atoms with Crippen LogP contribution in [0.15, 0.2) is 12.1 Å². The summed E-state index contributed by atoms with van der Waals surface area (Å²) in [6, 6.07) is 5.37. The number of anilines is 2. The molecule has 6 rings (SSSR count). The van der Waals surface area contributed by atoms with E-state index in [4.69, 9.17) is 19.4 Å². The van der Waals surface area contributed by atoms with Crippen molar-refractivity contribution in [3.63, 3.8) is 0 Å². The number of likely N-dealkylation sites (tertiary alicyclic amines) is 2. The first kappa shape index (κ1) is 29.7. The van der Waals surface area contributed by atoms with Gasteiger partial charge in [0.25, 0.3) is 0 Å². The standard InChI is InChI=1S/C33H53N7O2/c1-41-30-24-28-29(25-31(30)42-23-9-18-38-16-6-3-7-17-38)36-33(40-19-8-14-34-15-22-40)37-32(28)35-26-12-20-39(21-13-26)27-10-4-2-5-11-27/h24-27,34H,2-23H2,1H3,(H,35,36,37). The molecule has 3 aliphatic heterocycles. The first-order chi connectivity index (χ1) is 20.8. The average Bonchev–Trinajstić information content (AvgIpc) is 3.34. The van der Waals surface area contributed by atoms with Gasteiger partial charge in [-0.25, -0.2) is 4.98 Å². The largest absolute Gasteiger partial charge is 0.493 e. The van der Waals surface area contributed by atoms with E-state index in [1.807, 2.05) is 0 Å². The lowest BCUT2D eigenvalue weighted by atomic mass is 9.92. The van der Waals surface area contributed by atoms with E-state index >= 15 is 0 Å². The normalized spacial score (nSPS) is 22.3. The minimum absolute atomic E-state index is 0.415. The predicted molar refractivity (Wildman–Crippen MR) is 171 cm³/mol. The summed E-state index contributed by atoms with van der Waals surface area (Å²) < 4.78 is 12.2. The van der Waals surface area contributed by atoms with Gasteiger partial charge >= 0.3 is 0 Å². The van der Waals surface area contributed by atoms with Gasteiger partial charge in [-0.1, -0.05) is 25.7 Å². The van der Waals surface area contributed by atoms with Crippen LogP contribution in [-0.2, 0) is 0 Å². The van der Waals surface area contributed by atoms with E-state index in [2.05, 4.69) is 37.5 Å². The van der Waals surface area contributed by atoms with Crippen molar-refractivity contribution in [3.05, 3.63) is 12.1 Å². The molecule has 0 bridgehead atoms. The highest BCUT2D eigenvalue weighted by molar-refractivity contribution is 5.93.